The van der Waals surface area contributed by atoms with E-state index in [1.807, 2.05) is 11.8 Å². The van der Waals surface area contributed by atoms with Crippen LogP contribution in [0.5, 0.6) is 0 Å². The second-order valence-corrected chi connectivity index (χ2v) is 6.38. The van der Waals surface area contributed by atoms with Gasteiger partial charge in [0.05, 0.1) is 0 Å². The first-order chi connectivity index (χ1) is 9.85. The van der Waals surface area contributed by atoms with Crippen molar-refractivity contribution in [2.45, 2.75) is 25.8 Å². The summed E-state index contributed by atoms with van der Waals surface area (Å²) in [6, 6.07) is 0.694. The molecule has 114 valence electrons. The van der Waals surface area contributed by atoms with Gasteiger partial charge in [-0.15, -0.1) is 0 Å². The molecule has 0 radical (unpaired) electrons. The van der Waals surface area contributed by atoms with E-state index in [1.54, 1.807) is 0 Å². The number of nitrogens with zero attached hydrogens (tertiary/aromatic N) is 3. The standard InChI is InChI=1S/C15H28N4S/c1-3-16-15(17-8-6-12-20-2)19-11-7-14(13-19)18-9-4-5-10-18/h4-5,14H,3,6-13H2,1-2H3,(H,16,17). The van der Waals surface area contributed by atoms with Crippen LogP contribution in [0.2, 0.25) is 0 Å². The highest BCUT2D eigenvalue weighted by Crippen LogP contribution is 2.17. The molecule has 0 saturated carbocycles. The SMILES string of the molecule is CCNC(=NCCCSC)N1CCC(N2CC=CC2)C1. The van der Waals surface area contributed by atoms with E-state index >= 15 is 0 Å². The number of thioether (sulfide) groups is 1. The molecule has 0 spiro atoms. The zero-order valence-electron chi connectivity index (χ0n) is 12.8. The van der Waals surface area contributed by atoms with E-state index in [-0.39, 0.29) is 0 Å². The third-order valence-electron chi connectivity index (χ3n) is 3.93. The molecule has 20 heavy (non-hydrogen) atoms. The Balaban J connectivity index is 1.83. The van der Waals surface area contributed by atoms with Gasteiger partial charge in [0, 0.05) is 45.3 Å². The van der Waals surface area contributed by atoms with Gasteiger partial charge in [0.15, 0.2) is 5.96 Å². The molecule has 5 heteroatoms. The van der Waals surface area contributed by atoms with Crippen molar-refractivity contribution in [2.75, 3.05) is 51.3 Å². The first kappa shape index (κ1) is 15.7. The van der Waals surface area contributed by atoms with E-state index in [1.165, 1.54) is 18.6 Å². The van der Waals surface area contributed by atoms with Gasteiger partial charge < -0.3 is 10.2 Å². The van der Waals surface area contributed by atoms with Crippen LogP contribution in [0, 0.1) is 0 Å². The van der Waals surface area contributed by atoms with Crippen molar-refractivity contribution in [3.8, 4) is 0 Å². The van der Waals surface area contributed by atoms with Crippen LogP contribution in [0.15, 0.2) is 17.1 Å². The van der Waals surface area contributed by atoms with Crippen LogP contribution in [0.4, 0.5) is 0 Å². The third-order valence-corrected chi connectivity index (χ3v) is 4.63. The highest BCUT2D eigenvalue weighted by molar-refractivity contribution is 7.98. The van der Waals surface area contributed by atoms with Gasteiger partial charge in [-0.1, -0.05) is 12.2 Å². The summed E-state index contributed by atoms with van der Waals surface area (Å²) in [7, 11) is 0. The van der Waals surface area contributed by atoms with E-state index in [4.69, 9.17) is 4.99 Å². The van der Waals surface area contributed by atoms with Gasteiger partial charge in [-0.25, -0.2) is 0 Å². The molecule has 2 aliphatic heterocycles. The third kappa shape index (κ3) is 4.42. The van der Waals surface area contributed by atoms with E-state index < -0.39 is 0 Å². The molecule has 1 N–H and O–H groups in total. The highest BCUT2D eigenvalue weighted by atomic mass is 32.2. The molecule has 4 nitrogen and oxygen atoms in total. The Morgan fingerprint density at radius 3 is 2.90 bits per heavy atom. The van der Waals surface area contributed by atoms with Crippen LogP contribution >= 0.6 is 11.8 Å². The number of hydrogen-bond acceptors (Lipinski definition) is 3. The molecule has 1 saturated heterocycles. The van der Waals surface area contributed by atoms with Crippen LogP contribution in [-0.2, 0) is 0 Å². The average molecular weight is 296 g/mol. The Morgan fingerprint density at radius 1 is 1.40 bits per heavy atom. The minimum atomic E-state index is 0.694. The molecule has 1 fully saturated rings. The lowest BCUT2D eigenvalue weighted by atomic mass is 10.2. The van der Waals surface area contributed by atoms with Crippen molar-refractivity contribution in [1.82, 2.24) is 15.1 Å². The molecule has 1 unspecified atom stereocenters. The van der Waals surface area contributed by atoms with E-state index in [9.17, 15) is 0 Å². The molecule has 0 aromatic carbocycles. The van der Waals surface area contributed by atoms with E-state index in [2.05, 4.69) is 40.4 Å². The van der Waals surface area contributed by atoms with Crippen LogP contribution in [0.1, 0.15) is 19.8 Å². The Kier molecular flexibility index (Phi) is 6.73. The van der Waals surface area contributed by atoms with Crippen LogP contribution in [-0.4, -0.2) is 73.1 Å². The Bertz CT molecular complexity index is 335. The van der Waals surface area contributed by atoms with Crippen molar-refractivity contribution >= 4 is 17.7 Å². The predicted molar refractivity (Wildman–Crippen MR) is 89.7 cm³/mol. The van der Waals surface area contributed by atoms with Crippen LogP contribution in [0.3, 0.4) is 0 Å². The second kappa shape index (κ2) is 8.57. The monoisotopic (exact) mass is 296 g/mol. The number of rotatable bonds is 6. The van der Waals surface area contributed by atoms with Gasteiger partial charge in [0.2, 0.25) is 0 Å². The summed E-state index contributed by atoms with van der Waals surface area (Å²) in [6.07, 6.45) is 9.15. The van der Waals surface area contributed by atoms with Crippen molar-refractivity contribution in [2.24, 2.45) is 4.99 Å². The minimum Gasteiger partial charge on any atom is -0.357 e. The van der Waals surface area contributed by atoms with Crippen molar-refractivity contribution in [1.29, 1.82) is 0 Å². The van der Waals surface area contributed by atoms with Gasteiger partial charge >= 0.3 is 0 Å². The van der Waals surface area contributed by atoms with E-state index in [0.717, 1.165) is 45.2 Å². The fourth-order valence-corrected chi connectivity index (χ4v) is 3.26. The number of hydrogen-bond donors (Lipinski definition) is 1. The molecule has 0 aliphatic carbocycles. The summed E-state index contributed by atoms with van der Waals surface area (Å²) in [5, 5.41) is 3.45. The minimum absolute atomic E-state index is 0.694. The summed E-state index contributed by atoms with van der Waals surface area (Å²) in [5.41, 5.74) is 0. The molecule has 0 bridgehead atoms. The van der Waals surface area contributed by atoms with Crippen molar-refractivity contribution in [3.05, 3.63) is 12.2 Å². The predicted octanol–water partition coefficient (Wildman–Crippen LogP) is 1.65. The number of nitrogens with one attached hydrogen (secondary N) is 1. The molecule has 0 aromatic heterocycles. The molecule has 1 atom stereocenters. The lowest BCUT2D eigenvalue weighted by molar-refractivity contribution is 0.259. The summed E-state index contributed by atoms with van der Waals surface area (Å²) < 4.78 is 0. The molecule has 0 amide bonds. The molecule has 2 rings (SSSR count). The summed E-state index contributed by atoms with van der Waals surface area (Å²) in [5.74, 6) is 2.31. The number of likely N-dealkylation sites (tertiary alicyclic amines) is 1. The first-order valence-electron chi connectivity index (χ1n) is 7.76. The normalized spacial score (nSPS) is 23.8. The van der Waals surface area contributed by atoms with Gasteiger partial charge in [-0.2, -0.15) is 11.8 Å². The Morgan fingerprint density at radius 2 is 2.20 bits per heavy atom. The highest BCUT2D eigenvalue weighted by Gasteiger charge is 2.29. The van der Waals surface area contributed by atoms with Gasteiger partial charge in [0.25, 0.3) is 0 Å². The maximum atomic E-state index is 4.78. The van der Waals surface area contributed by atoms with Crippen LogP contribution < -0.4 is 5.32 Å². The Labute approximate surface area is 127 Å². The van der Waals surface area contributed by atoms with Gasteiger partial charge in [-0.3, -0.25) is 9.89 Å². The topological polar surface area (TPSA) is 30.9 Å². The summed E-state index contributed by atoms with van der Waals surface area (Å²) >= 11 is 1.90. The maximum absolute atomic E-state index is 4.78. The molecule has 0 aromatic rings. The fourth-order valence-electron chi connectivity index (χ4n) is 2.84. The van der Waals surface area contributed by atoms with E-state index in [0.29, 0.717) is 6.04 Å². The number of aliphatic imine (C=N–C) groups is 1. The molecule has 2 aliphatic rings. The van der Waals surface area contributed by atoms with Gasteiger partial charge in [-0.05, 0) is 31.8 Å². The molecule has 2 heterocycles. The summed E-state index contributed by atoms with van der Waals surface area (Å²) in [6.45, 7) is 8.55. The second-order valence-electron chi connectivity index (χ2n) is 5.40. The lowest BCUT2D eigenvalue weighted by Gasteiger charge is -2.25. The average Bonchev–Trinajstić information content (AvgIpc) is 3.12. The Hall–Kier alpha value is -0.680. The van der Waals surface area contributed by atoms with Gasteiger partial charge in [0.1, 0.15) is 0 Å². The maximum Gasteiger partial charge on any atom is 0.193 e. The summed E-state index contributed by atoms with van der Waals surface area (Å²) in [4.78, 5) is 9.78. The molecular weight excluding hydrogens is 268 g/mol. The first-order valence-corrected chi connectivity index (χ1v) is 9.15. The number of guanidine groups is 1. The fraction of sp³-hybridized carbons (Fsp3) is 0.800. The quantitative estimate of drug-likeness (QED) is 0.349. The smallest absolute Gasteiger partial charge is 0.193 e. The van der Waals surface area contributed by atoms with Crippen LogP contribution in [0.25, 0.3) is 0 Å². The zero-order chi connectivity index (χ0) is 14.2. The molecular formula is C15H28N4S. The largest absolute Gasteiger partial charge is 0.357 e. The lowest BCUT2D eigenvalue weighted by Crippen LogP contribution is -2.42. The van der Waals surface area contributed by atoms with Crippen molar-refractivity contribution in [3.63, 3.8) is 0 Å². The zero-order valence-corrected chi connectivity index (χ0v) is 13.7. The van der Waals surface area contributed by atoms with Crippen molar-refractivity contribution < 1.29 is 0 Å².